The van der Waals surface area contributed by atoms with Crippen LogP contribution in [0, 0.1) is 5.92 Å². The molecule has 1 heterocycles. The molecular weight excluding hydrogens is 246 g/mol. The first kappa shape index (κ1) is 13.5. The van der Waals surface area contributed by atoms with Gasteiger partial charge in [-0.3, -0.25) is 0 Å². The second-order valence-corrected chi connectivity index (χ2v) is 5.56. The fourth-order valence-corrected chi connectivity index (χ4v) is 2.50. The van der Waals surface area contributed by atoms with Crippen LogP contribution in [0.2, 0.25) is 5.02 Å². The number of rotatable bonds is 4. The average Bonchev–Trinajstić information content (AvgIpc) is 2.37. The Morgan fingerprint density at radius 2 is 2.11 bits per heavy atom. The summed E-state index contributed by atoms with van der Waals surface area (Å²) in [5.41, 5.74) is 7.49. The molecule has 1 saturated heterocycles. The van der Waals surface area contributed by atoms with E-state index in [2.05, 4.69) is 17.1 Å². The number of para-hydroxylation sites is 1. The second kappa shape index (κ2) is 6.30. The van der Waals surface area contributed by atoms with Gasteiger partial charge in [0.05, 0.1) is 16.4 Å². The summed E-state index contributed by atoms with van der Waals surface area (Å²) in [5, 5.41) is 3.98. The van der Waals surface area contributed by atoms with Crippen LogP contribution in [-0.4, -0.2) is 31.1 Å². The van der Waals surface area contributed by atoms with Crippen molar-refractivity contribution >= 4 is 23.0 Å². The lowest BCUT2D eigenvalue weighted by molar-refractivity contribution is 0.199. The zero-order valence-corrected chi connectivity index (χ0v) is 11.7. The van der Waals surface area contributed by atoms with Gasteiger partial charge in [0.2, 0.25) is 0 Å². The van der Waals surface area contributed by atoms with Crippen molar-refractivity contribution in [2.75, 3.05) is 37.2 Å². The van der Waals surface area contributed by atoms with Crippen LogP contribution in [-0.2, 0) is 0 Å². The highest BCUT2D eigenvalue weighted by Crippen LogP contribution is 2.26. The van der Waals surface area contributed by atoms with Crippen LogP contribution in [0.5, 0.6) is 0 Å². The topological polar surface area (TPSA) is 41.3 Å². The first-order valence-corrected chi connectivity index (χ1v) is 7.05. The van der Waals surface area contributed by atoms with Crippen molar-refractivity contribution < 1.29 is 0 Å². The number of halogens is 1. The quantitative estimate of drug-likeness (QED) is 0.824. The number of nitrogens with zero attached hydrogens (tertiary/aromatic N) is 1. The maximum Gasteiger partial charge on any atom is 0.0739 e. The number of hydrogen-bond acceptors (Lipinski definition) is 3. The van der Waals surface area contributed by atoms with Gasteiger partial charge in [-0.25, -0.2) is 0 Å². The zero-order chi connectivity index (χ0) is 13.0. The lowest BCUT2D eigenvalue weighted by Crippen LogP contribution is -2.36. The van der Waals surface area contributed by atoms with E-state index in [0.29, 0.717) is 10.7 Å². The third kappa shape index (κ3) is 3.53. The van der Waals surface area contributed by atoms with Crippen molar-refractivity contribution in [3.63, 3.8) is 0 Å². The van der Waals surface area contributed by atoms with E-state index in [0.717, 1.165) is 24.7 Å². The Hall–Kier alpha value is -0.930. The van der Waals surface area contributed by atoms with Crippen LogP contribution in [0.25, 0.3) is 0 Å². The molecule has 0 aliphatic carbocycles. The number of hydrogen-bond donors (Lipinski definition) is 2. The Kier molecular flexibility index (Phi) is 4.72. The van der Waals surface area contributed by atoms with Crippen LogP contribution >= 0.6 is 11.6 Å². The van der Waals surface area contributed by atoms with Gasteiger partial charge in [-0.05, 0) is 44.0 Å². The lowest BCUT2D eigenvalue weighted by atomic mass is 9.99. The van der Waals surface area contributed by atoms with Crippen LogP contribution in [0.15, 0.2) is 18.2 Å². The molecule has 1 aliphatic rings. The molecule has 1 aromatic rings. The third-order valence-corrected chi connectivity index (χ3v) is 4.00. The van der Waals surface area contributed by atoms with E-state index in [4.69, 9.17) is 17.3 Å². The number of nitrogen functional groups attached to an aromatic ring is 1. The van der Waals surface area contributed by atoms with Gasteiger partial charge in [0, 0.05) is 13.1 Å². The standard InChI is InChI=1S/C14H22ClN3/c1-11-5-8-18(9-6-11)10-7-17-13-4-2-3-12(15)14(13)16/h2-4,11,17H,5-10,16H2,1H3. The molecule has 0 aromatic heterocycles. The van der Waals surface area contributed by atoms with E-state index in [1.165, 1.54) is 25.9 Å². The maximum absolute atomic E-state index is 5.98. The molecule has 1 aliphatic heterocycles. The molecule has 2 rings (SSSR count). The number of nitrogens with two attached hydrogens (primary N) is 1. The predicted molar refractivity (Wildman–Crippen MR) is 79.2 cm³/mol. The summed E-state index contributed by atoms with van der Waals surface area (Å²) in [5.74, 6) is 0.887. The first-order chi connectivity index (χ1) is 8.66. The Morgan fingerprint density at radius 1 is 1.39 bits per heavy atom. The summed E-state index contributed by atoms with van der Waals surface area (Å²) in [6.45, 7) is 6.75. The minimum Gasteiger partial charge on any atom is -0.396 e. The fourth-order valence-electron chi connectivity index (χ4n) is 2.33. The highest BCUT2D eigenvalue weighted by Gasteiger charge is 2.14. The van der Waals surface area contributed by atoms with Crippen LogP contribution < -0.4 is 11.1 Å². The molecule has 3 nitrogen and oxygen atoms in total. The molecule has 0 radical (unpaired) electrons. The highest BCUT2D eigenvalue weighted by molar-refractivity contribution is 6.33. The van der Waals surface area contributed by atoms with Gasteiger partial charge < -0.3 is 16.0 Å². The van der Waals surface area contributed by atoms with Crippen molar-refractivity contribution in [3.05, 3.63) is 23.2 Å². The Labute approximate surface area is 114 Å². The molecule has 0 bridgehead atoms. The minimum absolute atomic E-state index is 0.617. The molecule has 0 amide bonds. The number of benzene rings is 1. The van der Waals surface area contributed by atoms with Gasteiger partial charge in [-0.2, -0.15) is 0 Å². The minimum atomic E-state index is 0.617. The van der Waals surface area contributed by atoms with Gasteiger partial charge in [0.15, 0.2) is 0 Å². The number of piperidine rings is 1. The number of nitrogens with one attached hydrogen (secondary N) is 1. The van der Waals surface area contributed by atoms with Crippen molar-refractivity contribution in [2.24, 2.45) is 5.92 Å². The van der Waals surface area contributed by atoms with Crippen molar-refractivity contribution in [1.29, 1.82) is 0 Å². The third-order valence-electron chi connectivity index (χ3n) is 3.67. The zero-order valence-electron chi connectivity index (χ0n) is 11.0. The van der Waals surface area contributed by atoms with Gasteiger partial charge >= 0.3 is 0 Å². The van der Waals surface area contributed by atoms with E-state index in [9.17, 15) is 0 Å². The van der Waals surface area contributed by atoms with Crippen LogP contribution in [0.3, 0.4) is 0 Å². The van der Waals surface area contributed by atoms with E-state index < -0.39 is 0 Å². The fraction of sp³-hybridized carbons (Fsp3) is 0.571. The molecule has 1 fully saturated rings. The SMILES string of the molecule is CC1CCN(CCNc2cccc(Cl)c2N)CC1. The Balaban J connectivity index is 1.77. The molecule has 100 valence electrons. The van der Waals surface area contributed by atoms with Gasteiger partial charge in [0.25, 0.3) is 0 Å². The second-order valence-electron chi connectivity index (χ2n) is 5.15. The van der Waals surface area contributed by atoms with Crippen molar-refractivity contribution in [3.8, 4) is 0 Å². The molecule has 18 heavy (non-hydrogen) atoms. The molecule has 0 saturated carbocycles. The smallest absolute Gasteiger partial charge is 0.0739 e. The molecule has 0 unspecified atom stereocenters. The van der Waals surface area contributed by atoms with E-state index >= 15 is 0 Å². The molecule has 0 spiro atoms. The van der Waals surface area contributed by atoms with E-state index in [1.54, 1.807) is 0 Å². The summed E-state index contributed by atoms with van der Waals surface area (Å²) >= 11 is 5.98. The van der Waals surface area contributed by atoms with Crippen molar-refractivity contribution in [1.82, 2.24) is 4.90 Å². The number of likely N-dealkylation sites (tertiary alicyclic amines) is 1. The van der Waals surface area contributed by atoms with Gasteiger partial charge in [-0.1, -0.05) is 24.6 Å². The lowest BCUT2D eigenvalue weighted by Gasteiger charge is -2.30. The summed E-state index contributed by atoms with van der Waals surface area (Å²) in [7, 11) is 0. The van der Waals surface area contributed by atoms with Crippen LogP contribution in [0.1, 0.15) is 19.8 Å². The Morgan fingerprint density at radius 3 is 2.83 bits per heavy atom. The normalized spacial score (nSPS) is 17.9. The van der Waals surface area contributed by atoms with E-state index in [1.807, 2.05) is 18.2 Å². The molecule has 0 atom stereocenters. The monoisotopic (exact) mass is 267 g/mol. The highest BCUT2D eigenvalue weighted by atomic mass is 35.5. The first-order valence-electron chi connectivity index (χ1n) is 6.67. The van der Waals surface area contributed by atoms with Gasteiger partial charge in [-0.15, -0.1) is 0 Å². The summed E-state index contributed by atoms with van der Waals surface area (Å²) in [4.78, 5) is 2.51. The molecule has 1 aromatic carbocycles. The summed E-state index contributed by atoms with van der Waals surface area (Å²) in [6.07, 6.45) is 2.64. The molecule has 4 heteroatoms. The number of anilines is 2. The maximum atomic E-state index is 5.98. The molecule has 3 N–H and O–H groups in total. The summed E-state index contributed by atoms with van der Waals surface area (Å²) in [6, 6.07) is 5.71. The van der Waals surface area contributed by atoms with Crippen LogP contribution in [0.4, 0.5) is 11.4 Å². The Bertz CT molecular complexity index is 387. The van der Waals surface area contributed by atoms with Crippen molar-refractivity contribution in [2.45, 2.75) is 19.8 Å². The average molecular weight is 268 g/mol. The summed E-state index contributed by atoms with van der Waals surface area (Å²) < 4.78 is 0. The predicted octanol–water partition coefficient (Wildman–Crippen LogP) is 3.07. The van der Waals surface area contributed by atoms with Gasteiger partial charge in [0.1, 0.15) is 0 Å². The largest absolute Gasteiger partial charge is 0.396 e. The van der Waals surface area contributed by atoms with E-state index in [-0.39, 0.29) is 0 Å². The molecular formula is C14H22ClN3.